The highest BCUT2D eigenvalue weighted by molar-refractivity contribution is 5.91. The number of ether oxygens (including phenoxy) is 1. The maximum atomic E-state index is 12.3. The number of rotatable bonds is 5. The van der Waals surface area contributed by atoms with Crippen molar-refractivity contribution < 1.29 is 9.53 Å². The van der Waals surface area contributed by atoms with Crippen LogP contribution < -0.4 is 5.32 Å². The molecule has 3 rings (SSSR count). The molecule has 1 amide bonds. The Kier molecular flexibility index (Phi) is 5.05. The Bertz CT molecular complexity index is 641. The van der Waals surface area contributed by atoms with Crippen molar-refractivity contribution in [1.29, 1.82) is 0 Å². The Morgan fingerprint density at radius 1 is 1.35 bits per heavy atom. The molecule has 1 N–H and O–H groups in total. The standard InChI is InChI=1S/C17H22N4O2/c1-14-11-20(9-10-23-14)13-17(22)19-16-7-8-18-21(16)12-15-5-3-2-4-6-15/h2-8,14H,9-13H2,1H3,(H,19,22). The smallest absolute Gasteiger partial charge is 0.239 e. The van der Waals surface area contributed by atoms with Gasteiger partial charge in [-0.1, -0.05) is 30.3 Å². The molecule has 0 saturated carbocycles. The SMILES string of the molecule is CC1CN(CC(=O)Nc2ccnn2Cc2ccccc2)CCO1. The van der Waals surface area contributed by atoms with E-state index in [1.165, 1.54) is 0 Å². The first-order valence-electron chi connectivity index (χ1n) is 7.90. The van der Waals surface area contributed by atoms with Crippen LogP contribution in [0.1, 0.15) is 12.5 Å². The first-order valence-corrected chi connectivity index (χ1v) is 7.90. The zero-order chi connectivity index (χ0) is 16.1. The number of nitrogens with zero attached hydrogens (tertiary/aromatic N) is 3. The van der Waals surface area contributed by atoms with E-state index >= 15 is 0 Å². The van der Waals surface area contributed by atoms with Crippen LogP contribution in [0, 0.1) is 0 Å². The summed E-state index contributed by atoms with van der Waals surface area (Å²) in [5.41, 5.74) is 1.15. The quantitative estimate of drug-likeness (QED) is 0.910. The molecule has 0 spiro atoms. The molecule has 6 nitrogen and oxygen atoms in total. The lowest BCUT2D eigenvalue weighted by Crippen LogP contribution is -2.44. The molecule has 2 aromatic rings. The summed E-state index contributed by atoms with van der Waals surface area (Å²) in [5, 5.41) is 7.24. The molecular formula is C17H22N4O2. The van der Waals surface area contributed by atoms with Gasteiger partial charge in [-0.05, 0) is 12.5 Å². The van der Waals surface area contributed by atoms with E-state index in [0.717, 1.165) is 24.5 Å². The second-order valence-corrected chi connectivity index (χ2v) is 5.82. The van der Waals surface area contributed by atoms with E-state index in [1.807, 2.05) is 43.3 Å². The maximum absolute atomic E-state index is 12.3. The van der Waals surface area contributed by atoms with Crippen LogP contribution in [-0.4, -0.2) is 52.9 Å². The van der Waals surface area contributed by atoms with Crippen molar-refractivity contribution >= 4 is 11.7 Å². The van der Waals surface area contributed by atoms with Gasteiger partial charge in [0, 0.05) is 19.2 Å². The number of amides is 1. The highest BCUT2D eigenvalue weighted by Gasteiger charge is 2.19. The first-order chi connectivity index (χ1) is 11.2. The van der Waals surface area contributed by atoms with Gasteiger partial charge in [0.2, 0.25) is 5.91 Å². The number of carbonyl (C=O) groups excluding carboxylic acids is 1. The predicted molar refractivity (Wildman–Crippen MR) is 88.3 cm³/mol. The summed E-state index contributed by atoms with van der Waals surface area (Å²) in [6.45, 7) is 5.30. The molecule has 2 heterocycles. The van der Waals surface area contributed by atoms with Crippen LogP contribution in [0.4, 0.5) is 5.82 Å². The summed E-state index contributed by atoms with van der Waals surface area (Å²) in [4.78, 5) is 14.4. The van der Waals surface area contributed by atoms with Crippen molar-refractivity contribution in [3.8, 4) is 0 Å². The Hall–Kier alpha value is -2.18. The molecule has 1 atom stereocenters. The van der Waals surface area contributed by atoms with E-state index in [9.17, 15) is 4.79 Å². The number of nitrogens with one attached hydrogen (secondary N) is 1. The average Bonchev–Trinajstić information content (AvgIpc) is 2.95. The third-order valence-electron chi connectivity index (χ3n) is 3.85. The minimum Gasteiger partial charge on any atom is -0.376 e. The fourth-order valence-electron chi connectivity index (χ4n) is 2.74. The highest BCUT2D eigenvalue weighted by atomic mass is 16.5. The lowest BCUT2D eigenvalue weighted by Gasteiger charge is -2.30. The van der Waals surface area contributed by atoms with Crippen LogP contribution in [-0.2, 0) is 16.1 Å². The van der Waals surface area contributed by atoms with Gasteiger partial charge in [0.1, 0.15) is 5.82 Å². The molecule has 23 heavy (non-hydrogen) atoms. The summed E-state index contributed by atoms with van der Waals surface area (Å²) in [7, 11) is 0. The van der Waals surface area contributed by atoms with Crippen molar-refractivity contribution in [1.82, 2.24) is 14.7 Å². The topological polar surface area (TPSA) is 59.4 Å². The van der Waals surface area contributed by atoms with Gasteiger partial charge >= 0.3 is 0 Å². The van der Waals surface area contributed by atoms with Crippen molar-refractivity contribution in [2.24, 2.45) is 0 Å². The minimum atomic E-state index is -0.0195. The van der Waals surface area contributed by atoms with Crippen molar-refractivity contribution in [2.75, 3.05) is 31.6 Å². The summed E-state index contributed by atoms with van der Waals surface area (Å²) in [6, 6.07) is 11.9. The van der Waals surface area contributed by atoms with Crippen LogP contribution in [0.5, 0.6) is 0 Å². The van der Waals surface area contributed by atoms with Crippen molar-refractivity contribution in [3.63, 3.8) is 0 Å². The van der Waals surface area contributed by atoms with E-state index < -0.39 is 0 Å². The van der Waals surface area contributed by atoms with Gasteiger partial charge < -0.3 is 10.1 Å². The molecule has 1 fully saturated rings. The second kappa shape index (κ2) is 7.39. The van der Waals surface area contributed by atoms with Crippen LogP contribution >= 0.6 is 0 Å². The molecule has 6 heteroatoms. The van der Waals surface area contributed by atoms with Crippen LogP contribution in [0.2, 0.25) is 0 Å². The molecule has 0 bridgehead atoms. The lowest BCUT2D eigenvalue weighted by atomic mass is 10.2. The van der Waals surface area contributed by atoms with Gasteiger partial charge in [0.05, 0.1) is 32.0 Å². The minimum absolute atomic E-state index is 0.0195. The van der Waals surface area contributed by atoms with Crippen LogP contribution in [0.25, 0.3) is 0 Å². The van der Waals surface area contributed by atoms with Gasteiger partial charge in [-0.15, -0.1) is 0 Å². The molecule has 1 aliphatic rings. The zero-order valence-electron chi connectivity index (χ0n) is 13.3. The van der Waals surface area contributed by atoms with E-state index in [4.69, 9.17) is 4.74 Å². The zero-order valence-corrected chi connectivity index (χ0v) is 13.3. The Labute approximate surface area is 136 Å². The van der Waals surface area contributed by atoms with Gasteiger partial charge in [-0.25, -0.2) is 4.68 Å². The fraction of sp³-hybridized carbons (Fsp3) is 0.412. The monoisotopic (exact) mass is 314 g/mol. The van der Waals surface area contributed by atoms with Crippen molar-refractivity contribution in [2.45, 2.75) is 19.6 Å². The number of hydrogen-bond donors (Lipinski definition) is 1. The van der Waals surface area contributed by atoms with Crippen LogP contribution in [0.3, 0.4) is 0 Å². The number of carbonyl (C=O) groups is 1. The molecule has 1 aromatic heterocycles. The van der Waals surface area contributed by atoms with Gasteiger partial charge in [0.25, 0.3) is 0 Å². The largest absolute Gasteiger partial charge is 0.376 e. The molecule has 0 aliphatic carbocycles. The number of morpholine rings is 1. The van der Waals surface area contributed by atoms with E-state index in [0.29, 0.717) is 19.7 Å². The third-order valence-corrected chi connectivity index (χ3v) is 3.85. The number of benzene rings is 1. The molecule has 1 unspecified atom stereocenters. The van der Waals surface area contributed by atoms with E-state index in [1.54, 1.807) is 10.9 Å². The molecule has 122 valence electrons. The summed E-state index contributed by atoms with van der Waals surface area (Å²) in [6.07, 6.45) is 1.88. The maximum Gasteiger partial charge on any atom is 0.239 e. The molecule has 1 saturated heterocycles. The van der Waals surface area contributed by atoms with Gasteiger partial charge in [-0.2, -0.15) is 5.10 Å². The Balaban J connectivity index is 1.58. The summed E-state index contributed by atoms with van der Waals surface area (Å²) in [5.74, 6) is 0.703. The van der Waals surface area contributed by atoms with E-state index in [2.05, 4.69) is 15.3 Å². The number of anilines is 1. The van der Waals surface area contributed by atoms with Crippen molar-refractivity contribution in [3.05, 3.63) is 48.2 Å². The first kappa shape index (κ1) is 15.7. The van der Waals surface area contributed by atoms with Gasteiger partial charge in [0.15, 0.2) is 0 Å². The van der Waals surface area contributed by atoms with E-state index in [-0.39, 0.29) is 12.0 Å². The molecule has 1 aromatic carbocycles. The second-order valence-electron chi connectivity index (χ2n) is 5.82. The Morgan fingerprint density at radius 2 is 2.17 bits per heavy atom. The van der Waals surface area contributed by atoms with Gasteiger partial charge in [-0.3, -0.25) is 9.69 Å². The highest BCUT2D eigenvalue weighted by Crippen LogP contribution is 2.11. The van der Waals surface area contributed by atoms with Crippen LogP contribution in [0.15, 0.2) is 42.6 Å². The number of aromatic nitrogens is 2. The molecule has 1 aliphatic heterocycles. The predicted octanol–water partition coefficient (Wildman–Crippen LogP) is 1.59. The fourth-order valence-corrected chi connectivity index (χ4v) is 2.74. The molecule has 0 radical (unpaired) electrons. The normalized spacial score (nSPS) is 18.7. The third kappa shape index (κ3) is 4.40. The summed E-state index contributed by atoms with van der Waals surface area (Å²) >= 11 is 0. The Morgan fingerprint density at radius 3 is 2.96 bits per heavy atom. The number of hydrogen-bond acceptors (Lipinski definition) is 4. The average molecular weight is 314 g/mol. The molecular weight excluding hydrogens is 292 g/mol. The lowest BCUT2D eigenvalue weighted by molar-refractivity contribution is -0.119. The summed E-state index contributed by atoms with van der Waals surface area (Å²) < 4.78 is 7.29.